The fourth-order valence-corrected chi connectivity index (χ4v) is 3.58. The molecular formula is C16H23FN2O2. The molecule has 116 valence electrons. The molecule has 0 aromatic heterocycles. The first kappa shape index (κ1) is 14.9. The number of hydrazine groups is 1. The Bertz CT molecular complexity index is 503. The SMILES string of the molecule is Cc1cc(C(NN)C2CCOC3(CCOC3)C2)ccc1F. The van der Waals surface area contributed by atoms with Gasteiger partial charge in [-0.05, 0) is 42.9 Å². The van der Waals surface area contributed by atoms with Crippen LogP contribution in [-0.2, 0) is 9.47 Å². The summed E-state index contributed by atoms with van der Waals surface area (Å²) in [5, 5.41) is 0. The molecule has 1 aromatic rings. The predicted octanol–water partition coefficient (Wildman–Crippen LogP) is 2.22. The number of nitrogens with one attached hydrogen (secondary N) is 1. The van der Waals surface area contributed by atoms with E-state index in [0.717, 1.165) is 38.0 Å². The Balaban J connectivity index is 1.80. The first-order chi connectivity index (χ1) is 10.1. The lowest BCUT2D eigenvalue weighted by molar-refractivity contribution is -0.103. The zero-order valence-corrected chi connectivity index (χ0v) is 12.4. The largest absolute Gasteiger partial charge is 0.378 e. The van der Waals surface area contributed by atoms with Crippen molar-refractivity contribution in [3.8, 4) is 0 Å². The molecule has 3 atom stereocenters. The van der Waals surface area contributed by atoms with Gasteiger partial charge in [-0.2, -0.15) is 0 Å². The second-order valence-electron chi connectivity index (χ2n) is 6.24. The number of hydrogen-bond donors (Lipinski definition) is 2. The Labute approximate surface area is 124 Å². The maximum atomic E-state index is 13.5. The minimum atomic E-state index is -0.179. The third-order valence-corrected chi connectivity index (χ3v) is 4.79. The van der Waals surface area contributed by atoms with Crippen molar-refractivity contribution >= 4 is 0 Å². The zero-order chi connectivity index (χ0) is 14.9. The van der Waals surface area contributed by atoms with Crippen LogP contribution in [0, 0.1) is 18.7 Å². The molecule has 5 heteroatoms. The van der Waals surface area contributed by atoms with Gasteiger partial charge in [0.25, 0.3) is 0 Å². The van der Waals surface area contributed by atoms with Gasteiger partial charge in [-0.15, -0.1) is 0 Å². The van der Waals surface area contributed by atoms with Gasteiger partial charge in [-0.25, -0.2) is 4.39 Å². The molecular weight excluding hydrogens is 271 g/mol. The maximum absolute atomic E-state index is 13.5. The summed E-state index contributed by atoms with van der Waals surface area (Å²) in [6.07, 6.45) is 2.83. The third kappa shape index (κ3) is 2.97. The summed E-state index contributed by atoms with van der Waals surface area (Å²) in [6.45, 7) is 3.95. The Morgan fingerprint density at radius 3 is 2.95 bits per heavy atom. The highest BCUT2D eigenvalue weighted by Gasteiger charge is 2.43. The normalized spacial score (nSPS) is 30.7. The number of rotatable bonds is 3. The molecule has 0 radical (unpaired) electrons. The quantitative estimate of drug-likeness (QED) is 0.663. The summed E-state index contributed by atoms with van der Waals surface area (Å²) in [7, 11) is 0. The molecule has 0 amide bonds. The van der Waals surface area contributed by atoms with Crippen molar-refractivity contribution in [3.05, 3.63) is 35.1 Å². The highest BCUT2D eigenvalue weighted by molar-refractivity contribution is 5.27. The van der Waals surface area contributed by atoms with E-state index in [1.807, 2.05) is 12.1 Å². The highest BCUT2D eigenvalue weighted by Crippen LogP contribution is 2.40. The smallest absolute Gasteiger partial charge is 0.126 e. The van der Waals surface area contributed by atoms with Gasteiger partial charge in [0.2, 0.25) is 0 Å². The fourth-order valence-electron chi connectivity index (χ4n) is 3.58. The number of hydrogen-bond acceptors (Lipinski definition) is 4. The number of nitrogens with two attached hydrogens (primary N) is 1. The predicted molar refractivity (Wildman–Crippen MR) is 78.0 cm³/mol. The van der Waals surface area contributed by atoms with Crippen LogP contribution in [0.2, 0.25) is 0 Å². The average molecular weight is 294 g/mol. The van der Waals surface area contributed by atoms with Crippen LogP contribution in [0.5, 0.6) is 0 Å². The van der Waals surface area contributed by atoms with Crippen molar-refractivity contribution < 1.29 is 13.9 Å². The Morgan fingerprint density at radius 2 is 2.29 bits per heavy atom. The summed E-state index contributed by atoms with van der Waals surface area (Å²) >= 11 is 0. The Morgan fingerprint density at radius 1 is 1.43 bits per heavy atom. The van der Waals surface area contributed by atoms with Crippen molar-refractivity contribution in [3.63, 3.8) is 0 Å². The molecule has 1 spiro atoms. The lowest BCUT2D eigenvalue weighted by atomic mass is 9.79. The van der Waals surface area contributed by atoms with Crippen molar-refractivity contribution in [1.82, 2.24) is 5.43 Å². The minimum absolute atomic E-state index is 0.0191. The fraction of sp³-hybridized carbons (Fsp3) is 0.625. The summed E-state index contributed by atoms with van der Waals surface area (Å²) in [6, 6.07) is 5.24. The summed E-state index contributed by atoms with van der Waals surface area (Å²) in [4.78, 5) is 0. The molecule has 2 fully saturated rings. The summed E-state index contributed by atoms with van der Waals surface area (Å²) < 4.78 is 25.0. The van der Waals surface area contributed by atoms with E-state index in [2.05, 4.69) is 5.43 Å². The molecule has 3 unspecified atom stereocenters. The van der Waals surface area contributed by atoms with Gasteiger partial charge in [0.15, 0.2) is 0 Å². The molecule has 4 nitrogen and oxygen atoms in total. The molecule has 2 aliphatic rings. The van der Waals surface area contributed by atoms with Crippen molar-refractivity contribution in [2.75, 3.05) is 19.8 Å². The van der Waals surface area contributed by atoms with E-state index in [0.29, 0.717) is 18.1 Å². The van der Waals surface area contributed by atoms with Gasteiger partial charge in [-0.1, -0.05) is 12.1 Å². The molecule has 2 aliphatic heterocycles. The number of aryl methyl sites for hydroxylation is 1. The number of benzene rings is 1. The second kappa shape index (κ2) is 6.01. The number of halogens is 1. The van der Waals surface area contributed by atoms with Crippen LogP contribution >= 0.6 is 0 Å². The van der Waals surface area contributed by atoms with E-state index in [1.165, 1.54) is 6.07 Å². The van der Waals surface area contributed by atoms with E-state index in [4.69, 9.17) is 15.3 Å². The molecule has 21 heavy (non-hydrogen) atoms. The Hall–Kier alpha value is -1.01. The molecule has 3 rings (SSSR count). The van der Waals surface area contributed by atoms with Crippen molar-refractivity contribution in [2.45, 2.75) is 37.8 Å². The summed E-state index contributed by atoms with van der Waals surface area (Å²) in [5.74, 6) is 5.99. The third-order valence-electron chi connectivity index (χ3n) is 4.79. The van der Waals surface area contributed by atoms with Gasteiger partial charge < -0.3 is 9.47 Å². The van der Waals surface area contributed by atoms with E-state index in [1.54, 1.807) is 6.92 Å². The molecule has 0 aliphatic carbocycles. The molecule has 0 saturated carbocycles. The Kier molecular flexibility index (Phi) is 4.26. The zero-order valence-electron chi connectivity index (χ0n) is 12.4. The molecule has 0 bridgehead atoms. The monoisotopic (exact) mass is 294 g/mol. The van der Waals surface area contributed by atoms with E-state index in [-0.39, 0.29) is 17.5 Å². The minimum Gasteiger partial charge on any atom is -0.378 e. The molecule has 2 saturated heterocycles. The van der Waals surface area contributed by atoms with Crippen LogP contribution in [0.1, 0.15) is 36.4 Å². The van der Waals surface area contributed by atoms with Crippen LogP contribution in [-0.4, -0.2) is 25.4 Å². The van der Waals surface area contributed by atoms with Crippen molar-refractivity contribution in [2.24, 2.45) is 11.8 Å². The van der Waals surface area contributed by atoms with E-state index < -0.39 is 0 Å². The van der Waals surface area contributed by atoms with Crippen LogP contribution in [0.25, 0.3) is 0 Å². The first-order valence-corrected chi connectivity index (χ1v) is 7.57. The number of ether oxygens (including phenoxy) is 2. The van der Waals surface area contributed by atoms with Gasteiger partial charge in [-0.3, -0.25) is 11.3 Å². The van der Waals surface area contributed by atoms with E-state index in [9.17, 15) is 4.39 Å². The average Bonchev–Trinajstić information content (AvgIpc) is 2.91. The standard InChI is InChI=1S/C16H23FN2O2/c1-11-8-12(2-3-14(11)17)15(19-18)13-4-6-21-16(9-13)5-7-20-10-16/h2-3,8,13,15,19H,4-7,9-10,18H2,1H3. The molecule has 1 aromatic carbocycles. The van der Waals surface area contributed by atoms with Gasteiger partial charge in [0.05, 0.1) is 12.2 Å². The highest BCUT2D eigenvalue weighted by atomic mass is 19.1. The van der Waals surface area contributed by atoms with Crippen LogP contribution in [0.3, 0.4) is 0 Å². The molecule has 2 heterocycles. The lowest BCUT2D eigenvalue weighted by Crippen LogP contribution is -2.45. The van der Waals surface area contributed by atoms with Gasteiger partial charge in [0.1, 0.15) is 5.82 Å². The van der Waals surface area contributed by atoms with Gasteiger partial charge in [0, 0.05) is 25.7 Å². The lowest BCUT2D eigenvalue weighted by Gasteiger charge is -2.40. The topological polar surface area (TPSA) is 56.5 Å². The van der Waals surface area contributed by atoms with Crippen LogP contribution in [0.4, 0.5) is 4.39 Å². The van der Waals surface area contributed by atoms with Gasteiger partial charge >= 0.3 is 0 Å². The van der Waals surface area contributed by atoms with E-state index >= 15 is 0 Å². The van der Waals surface area contributed by atoms with Crippen molar-refractivity contribution in [1.29, 1.82) is 0 Å². The maximum Gasteiger partial charge on any atom is 0.126 e. The first-order valence-electron chi connectivity index (χ1n) is 7.57. The summed E-state index contributed by atoms with van der Waals surface area (Å²) in [5.41, 5.74) is 4.47. The van der Waals surface area contributed by atoms with Crippen LogP contribution < -0.4 is 11.3 Å². The van der Waals surface area contributed by atoms with Crippen LogP contribution in [0.15, 0.2) is 18.2 Å². The second-order valence-corrected chi connectivity index (χ2v) is 6.24. The molecule has 3 N–H and O–H groups in total.